The molecule has 1 N–H and O–H groups in total. The number of ether oxygens (including phenoxy) is 1. The van der Waals surface area contributed by atoms with Gasteiger partial charge in [0.25, 0.3) is 0 Å². The van der Waals surface area contributed by atoms with Gasteiger partial charge in [0.1, 0.15) is 11.5 Å². The van der Waals surface area contributed by atoms with Crippen LogP contribution in [-0.2, 0) is 14.8 Å². The fourth-order valence-electron chi connectivity index (χ4n) is 4.43. The lowest BCUT2D eigenvalue weighted by molar-refractivity contribution is -0.126. The number of carbonyl (C=O) groups is 1. The largest absolute Gasteiger partial charge is 0.457 e. The first-order valence-corrected chi connectivity index (χ1v) is 12.6. The van der Waals surface area contributed by atoms with Crippen molar-refractivity contribution in [3.8, 4) is 11.5 Å². The summed E-state index contributed by atoms with van der Waals surface area (Å²) in [6.45, 7) is 0.770. The van der Waals surface area contributed by atoms with Gasteiger partial charge in [0, 0.05) is 31.1 Å². The Bertz CT molecular complexity index is 988. The number of sulfonamides is 1. The van der Waals surface area contributed by atoms with Crippen LogP contribution in [0.2, 0.25) is 0 Å². The minimum Gasteiger partial charge on any atom is -0.457 e. The van der Waals surface area contributed by atoms with Gasteiger partial charge in [-0.25, -0.2) is 8.42 Å². The third-order valence-electron chi connectivity index (χ3n) is 6.13. The van der Waals surface area contributed by atoms with Crippen molar-refractivity contribution in [3.05, 3.63) is 54.6 Å². The number of hydrogen-bond donors (Lipinski definition) is 1. The van der Waals surface area contributed by atoms with Crippen LogP contribution in [-0.4, -0.2) is 37.8 Å². The molecule has 1 heterocycles. The molecule has 2 fully saturated rings. The molecule has 0 aromatic heterocycles. The van der Waals surface area contributed by atoms with E-state index < -0.39 is 10.0 Å². The Morgan fingerprint density at radius 2 is 1.65 bits per heavy atom. The van der Waals surface area contributed by atoms with Crippen molar-refractivity contribution in [1.82, 2.24) is 9.62 Å². The number of carbonyl (C=O) groups excluding carboxylic acids is 1. The molecule has 0 radical (unpaired) electrons. The Hall–Kier alpha value is -2.38. The smallest absolute Gasteiger partial charge is 0.243 e. The zero-order valence-electron chi connectivity index (χ0n) is 17.7. The molecule has 1 amide bonds. The SMILES string of the molecule is O=C(NC1CCCN(S(=O)(=O)c2cccc(Oc3ccccc3)c2)C1)C1CCCCC1. The Morgan fingerprint density at radius 1 is 0.903 bits per heavy atom. The quantitative estimate of drug-likeness (QED) is 0.723. The highest BCUT2D eigenvalue weighted by Crippen LogP contribution is 2.28. The molecule has 1 saturated carbocycles. The van der Waals surface area contributed by atoms with E-state index >= 15 is 0 Å². The number of piperidine rings is 1. The van der Waals surface area contributed by atoms with Crippen LogP contribution in [0.5, 0.6) is 11.5 Å². The van der Waals surface area contributed by atoms with Crippen LogP contribution in [0.3, 0.4) is 0 Å². The van der Waals surface area contributed by atoms with Crippen LogP contribution in [0.15, 0.2) is 59.5 Å². The average molecular weight is 443 g/mol. The minimum absolute atomic E-state index is 0.0764. The average Bonchev–Trinajstić information content (AvgIpc) is 2.81. The maximum atomic E-state index is 13.3. The summed E-state index contributed by atoms with van der Waals surface area (Å²) >= 11 is 0. The standard InChI is InChI=1S/C24H30N2O4S/c27-24(19-9-3-1-4-10-19)25-20-11-8-16-26(18-20)31(28,29)23-15-7-14-22(17-23)30-21-12-5-2-6-13-21/h2,5-7,12-15,17,19-20H,1,3-4,8-11,16,18H2,(H,25,27). The fourth-order valence-corrected chi connectivity index (χ4v) is 5.99. The van der Waals surface area contributed by atoms with Crippen LogP contribution >= 0.6 is 0 Å². The molecule has 1 atom stereocenters. The predicted molar refractivity (Wildman–Crippen MR) is 119 cm³/mol. The van der Waals surface area contributed by atoms with Crippen LogP contribution in [0.1, 0.15) is 44.9 Å². The summed E-state index contributed by atoms with van der Waals surface area (Å²) < 4.78 is 33.9. The van der Waals surface area contributed by atoms with Gasteiger partial charge in [-0.2, -0.15) is 4.31 Å². The Morgan fingerprint density at radius 3 is 2.42 bits per heavy atom. The summed E-state index contributed by atoms with van der Waals surface area (Å²) in [4.78, 5) is 12.8. The molecule has 1 unspecified atom stereocenters. The summed E-state index contributed by atoms with van der Waals surface area (Å²) in [5.74, 6) is 1.29. The molecule has 4 rings (SSSR count). The van der Waals surface area contributed by atoms with Crippen molar-refractivity contribution >= 4 is 15.9 Å². The molecule has 31 heavy (non-hydrogen) atoms. The van der Waals surface area contributed by atoms with Crippen LogP contribution in [0, 0.1) is 5.92 Å². The second-order valence-corrected chi connectivity index (χ2v) is 10.4. The van der Waals surface area contributed by atoms with Crippen LogP contribution in [0.25, 0.3) is 0 Å². The lowest BCUT2D eigenvalue weighted by Crippen LogP contribution is -2.50. The van der Waals surface area contributed by atoms with Gasteiger partial charge in [0.05, 0.1) is 4.90 Å². The van der Waals surface area contributed by atoms with E-state index in [1.54, 1.807) is 24.3 Å². The summed E-state index contributed by atoms with van der Waals surface area (Å²) in [7, 11) is -3.67. The molecular weight excluding hydrogens is 412 g/mol. The van der Waals surface area contributed by atoms with E-state index in [0.29, 0.717) is 24.6 Å². The lowest BCUT2D eigenvalue weighted by atomic mass is 9.88. The van der Waals surface area contributed by atoms with E-state index in [1.165, 1.54) is 10.7 Å². The third kappa shape index (κ3) is 5.46. The second-order valence-electron chi connectivity index (χ2n) is 8.44. The summed E-state index contributed by atoms with van der Waals surface area (Å²) in [6, 6.07) is 15.7. The number of benzene rings is 2. The number of hydrogen-bond acceptors (Lipinski definition) is 4. The van der Waals surface area contributed by atoms with E-state index in [9.17, 15) is 13.2 Å². The molecular formula is C24H30N2O4S. The molecule has 1 aliphatic heterocycles. The first kappa shape index (κ1) is 21.8. The number of rotatable bonds is 6. The molecule has 1 aliphatic carbocycles. The van der Waals surface area contributed by atoms with Gasteiger partial charge in [0.15, 0.2) is 0 Å². The van der Waals surface area contributed by atoms with Gasteiger partial charge in [0.2, 0.25) is 15.9 Å². The van der Waals surface area contributed by atoms with Crippen molar-refractivity contribution in [2.45, 2.75) is 55.9 Å². The highest BCUT2D eigenvalue weighted by Gasteiger charge is 2.32. The van der Waals surface area contributed by atoms with Gasteiger partial charge in [-0.1, -0.05) is 43.5 Å². The predicted octanol–water partition coefficient (Wildman–Crippen LogP) is 4.33. The van der Waals surface area contributed by atoms with E-state index in [-0.39, 0.29) is 22.8 Å². The first-order valence-electron chi connectivity index (χ1n) is 11.2. The van der Waals surface area contributed by atoms with Crippen molar-refractivity contribution in [2.24, 2.45) is 5.92 Å². The molecule has 6 nitrogen and oxygen atoms in total. The van der Waals surface area contributed by atoms with Gasteiger partial charge in [-0.3, -0.25) is 4.79 Å². The Kier molecular flexibility index (Phi) is 6.92. The molecule has 7 heteroatoms. The van der Waals surface area contributed by atoms with E-state index in [0.717, 1.165) is 38.5 Å². The van der Waals surface area contributed by atoms with Gasteiger partial charge >= 0.3 is 0 Å². The number of nitrogens with zero attached hydrogens (tertiary/aromatic N) is 1. The van der Waals surface area contributed by atoms with E-state index in [2.05, 4.69) is 5.32 Å². The second kappa shape index (κ2) is 9.83. The highest BCUT2D eigenvalue weighted by atomic mass is 32.2. The number of amides is 1. The molecule has 2 aliphatic rings. The fraction of sp³-hybridized carbons (Fsp3) is 0.458. The van der Waals surface area contributed by atoms with Crippen molar-refractivity contribution in [3.63, 3.8) is 0 Å². The molecule has 2 aromatic carbocycles. The molecule has 2 aromatic rings. The molecule has 0 bridgehead atoms. The first-order chi connectivity index (χ1) is 15.0. The van der Waals surface area contributed by atoms with Crippen LogP contribution < -0.4 is 10.1 Å². The van der Waals surface area contributed by atoms with Crippen LogP contribution in [0.4, 0.5) is 0 Å². The third-order valence-corrected chi connectivity index (χ3v) is 7.99. The minimum atomic E-state index is -3.67. The van der Waals surface area contributed by atoms with Crippen molar-refractivity contribution < 1.29 is 17.9 Å². The van der Waals surface area contributed by atoms with E-state index in [1.807, 2.05) is 30.3 Å². The maximum Gasteiger partial charge on any atom is 0.243 e. The van der Waals surface area contributed by atoms with Crippen molar-refractivity contribution in [1.29, 1.82) is 0 Å². The molecule has 0 spiro atoms. The molecule has 1 saturated heterocycles. The zero-order valence-corrected chi connectivity index (χ0v) is 18.5. The number of nitrogens with one attached hydrogen (secondary N) is 1. The zero-order chi connectivity index (χ0) is 21.7. The normalized spacial score (nSPS) is 20.8. The maximum absolute atomic E-state index is 13.3. The Labute approximate surface area is 184 Å². The summed E-state index contributed by atoms with van der Waals surface area (Å²) in [5, 5.41) is 3.12. The van der Waals surface area contributed by atoms with E-state index in [4.69, 9.17) is 4.74 Å². The number of para-hydroxylation sites is 1. The van der Waals surface area contributed by atoms with Crippen molar-refractivity contribution in [2.75, 3.05) is 13.1 Å². The summed E-state index contributed by atoms with van der Waals surface area (Å²) in [6.07, 6.45) is 6.82. The van der Waals surface area contributed by atoms with Gasteiger partial charge in [-0.15, -0.1) is 0 Å². The van der Waals surface area contributed by atoms with Gasteiger partial charge in [-0.05, 0) is 49.9 Å². The summed E-state index contributed by atoms with van der Waals surface area (Å²) in [5.41, 5.74) is 0. The lowest BCUT2D eigenvalue weighted by Gasteiger charge is -2.33. The monoisotopic (exact) mass is 442 g/mol. The topological polar surface area (TPSA) is 75.7 Å². The highest BCUT2D eigenvalue weighted by molar-refractivity contribution is 7.89. The van der Waals surface area contributed by atoms with Gasteiger partial charge < -0.3 is 10.1 Å². The molecule has 166 valence electrons. The Balaban J connectivity index is 1.43.